The summed E-state index contributed by atoms with van der Waals surface area (Å²) < 4.78 is 5.39. The highest BCUT2D eigenvalue weighted by Gasteiger charge is 2.21. The molecule has 19 heavy (non-hydrogen) atoms. The van der Waals surface area contributed by atoms with Gasteiger partial charge in [-0.1, -0.05) is 0 Å². The van der Waals surface area contributed by atoms with Gasteiger partial charge >= 0.3 is 0 Å². The van der Waals surface area contributed by atoms with Gasteiger partial charge in [-0.15, -0.1) is 0 Å². The number of aryl methyl sites for hydroxylation is 2. The van der Waals surface area contributed by atoms with Crippen LogP contribution in [0.2, 0.25) is 0 Å². The Labute approximate surface area is 116 Å². The van der Waals surface area contributed by atoms with E-state index in [0.29, 0.717) is 0 Å². The van der Waals surface area contributed by atoms with Crippen molar-refractivity contribution in [3.63, 3.8) is 0 Å². The summed E-state index contributed by atoms with van der Waals surface area (Å²) in [6.07, 6.45) is 4.94. The zero-order chi connectivity index (χ0) is 13.8. The molecule has 0 bridgehead atoms. The lowest BCUT2D eigenvalue weighted by Gasteiger charge is -2.29. The molecule has 4 nitrogen and oxygen atoms in total. The molecule has 4 heteroatoms. The normalized spacial score (nSPS) is 16.0. The van der Waals surface area contributed by atoms with E-state index in [2.05, 4.69) is 23.7 Å². The van der Waals surface area contributed by atoms with E-state index >= 15 is 0 Å². The lowest BCUT2D eigenvalue weighted by molar-refractivity contribution is 0.123. The SMILES string of the molecule is CCN(CC(C)OC)c1nc(C)nc2c1CCCC2. The minimum absolute atomic E-state index is 0.217. The second-order valence-electron chi connectivity index (χ2n) is 5.31. The number of aromatic nitrogens is 2. The summed E-state index contributed by atoms with van der Waals surface area (Å²) in [4.78, 5) is 11.7. The zero-order valence-corrected chi connectivity index (χ0v) is 12.6. The molecule has 0 aromatic carbocycles. The van der Waals surface area contributed by atoms with Crippen LogP contribution in [-0.4, -0.2) is 36.3 Å². The molecule has 0 fully saturated rings. The number of fused-ring (bicyclic) bond motifs is 1. The van der Waals surface area contributed by atoms with Crippen molar-refractivity contribution in [2.45, 2.75) is 52.6 Å². The summed E-state index contributed by atoms with van der Waals surface area (Å²) in [5.41, 5.74) is 2.62. The van der Waals surface area contributed by atoms with E-state index in [4.69, 9.17) is 9.72 Å². The van der Waals surface area contributed by atoms with Crippen LogP contribution in [0.4, 0.5) is 5.82 Å². The summed E-state index contributed by atoms with van der Waals surface area (Å²) in [5, 5.41) is 0. The van der Waals surface area contributed by atoms with Crippen LogP contribution in [0.3, 0.4) is 0 Å². The Hall–Kier alpha value is -1.16. The second kappa shape index (κ2) is 6.33. The highest BCUT2D eigenvalue weighted by Crippen LogP contribution is 2.28. The van der Waals surface area contributed by atoms with Crippen molar-refractivity contribution in [3.8, 4) is 0 Å². The Balaban J connectivity index is 2.33. The molecule has 1 heterocycles. The Morgan fingerprint density at radius 3 is 2.68 bits per heavy atom. The molecule has 0 amide bonds. The first-order valence-electron chi connectivity index (χ1n) is 7.29. The molecule has 2 rings (SSSR count). The summed E-state index contributed by atoms with van der Waals surface area (Å²) in [5.74, 6) is 2.02. The summed E-state index contributed by atoms with van der Waals surface area (Å²) in [6, 6.07) is 0. The summed E-state index contributed by atoms with van der Waals surface area (Å²) >= 11 is 0. The maximum absolute atomic E-state index is 5.39. The largest absolute Gasteiger partial charge is 0.380 e. The molecule has 1 unspecified atom stereocenters. The molecular formula is C15H25N3O. The Morgan fingerprint density at radius 1 is 1.26 bits per heavy atom. The first-order chi connectivity index (χ1) is 9.15. The molecule has 0 saturated carbocycles. The average Bonchev–Trinajstić information content (AvgIpc) is 2.43. The predicted molar refractivity (Wildman–Crippen MR) is 77.8 cm³/mol. The first-order valence-corrected chi connectivity index (χ1v) is 7.29. The van der Waals surface area contributed by atoms with E-state index in [-0.39, 0.29) is 6.10 Å². The van der Waals surface area contributed by atoms with Crippen molar-refractivity contribution >= 4 is 5.82 Å². The van der Waals surface area contributed by atoms with Gasteiger partial charge in [0.25, 0.3) is 0 Å². The highest BCUT2D eigenvalue weighted by atomic mass is 16.5. The van der Waals surface area contributed by atoms with E-state index in [9.17, 15) is 0 Å². The minimum Gasteiger partial charge on any atom is -0.380 e. The topological polar surface area (TPSA) is 38.2 Å². The van der Waals surface area contributed by atoms with Crippen molar-refractivity contribution < 1.29 is 4.74 Å². The number of likely N-dealkylation sites (N-methyl/N-ethyl adjacent to an activating group) is 1. The molecule has 1 aromatic heterocycles. The average molecular weight is 263 g/mol. The van der Waals surface area contributed by atoms with E-state index < -0.39 is 0 Å². The third-order valence-corrected chi connectivity index (χ3v) is 3.83. The highest BCUT2D eigenvalue weighted by molar-refractivity contribution is 5.50. The van der Waals surface area contributed by atoms with Gasteiger partial charge in [0.1, 0.15) is 11.6 Å². The van der Waals surface area contributed by atoms with Gasteiger partial charge in [-0.3, -0.25) is 0 Å². The fourth-order valence-electron chi connectivity index (χ4n) is 2.71. The smallest absolute Gasteiger partial charge is 0.135 e. The van der Waals surface area contributed by atoms with Gasteiger partial charge in [0.15, 0.2) is 0 Å². The molecule has 1 atom stereocenters. The molecule has 1 aliphatic carbocycles. The van der Waals surface area contributed by atoms with Crippen LogP contribution in [0.25, 0.3) is 0 Å². The lowest BCUT2D eigenvalue weighted by Crippen LogP contribution is -2.34. The van der Waals surface area contributed by atoms with Crippen molar-refractivity contribution in [1.29, 1.82) is 0 Å². The fourth-order valence-corrected chi connectivity index (χ4v) is 2.71. The van der Waals surface area contributed by atoms with Crippen molar-refractivity contribution in [3.05, 3.63) is 17.1 Å². The first kappa shape index (κ1) is 14.3. The number of anilines is 1. The third-order valence-electron chi connectivity index (χ3n) is 3.83. The molecule has 0 aliphatic heterocycles. The zero-order valence-electron chi connectivity index (χ0n) is 12.6. The standard InChI is InChI=1S/C15H25N3O/c1-5-18(10-11(2)19-4)15-13-8-6-7-9-14(13)16-12(3)17-15/h11H,5-10H2,1-4H3. The monoisotopic (exact) mass is 263 g/mol. The predicted octanol–water partition coefficient (Wildman–Crippen LogP) is 2.53. The van der Waals surface area contributed by atoms with Crippen molar-refractivity contribution in [2.24, 2.45) is 0 Å². The van der Waals surface area contributed by atoms with Crippen LogP contribution in [0.15, 0.2) is 0 Å². The van der Waals surface area contributed by atoms with Gasteiger partial charge < -0.3 is 9.64 Å². The van der Waals surface area contributed by atoms with Gasteiger partial charge in [0.2, 0.25) is 0 Å². The Kier molecular flexibility index (Phi) is 4.75. The van der Waals surface area contributed by atoms with Crippen LogP contribution >= 0.6 is 0 Å². The van der Waals surface area contributed by atoms with Gasteiger partial charge in [-0.2, -0.15) is 0 Å². The minimum atomic E-state index is 0.217. The molecule has 1 aromatic rings. The lowest BCUT2D eigenvalue weighted by atomic mass is 9.96. The van der Waals surface area contributed by atoms with E-state index in [0.717, 1.165) is 37.6 Å². The van der Waals surface area contributed by atoms with Crippen LogP contribution in [0.1, 0.15) is 43.8 Å². The number of nitrogens with zero attached hydrogens (tertiary/aromatic N) is 3. The molecule has 0 spiro atoms. The third kappa shape index (κ3) is 3.24. The van der Waals surface area contributed by atoms with E-state index in [1.165, 1.54) is 24.1 Å². The molecule has 0 radical (unpaired) electrons. The second-order valence-corrected chi connectivity index (χ2v) is 5.31. The molecule has 1 aliphatic rings. The molecular weight excluding hydrogens is 238 g/mol. The number of methoxy groups -OCH3 is 1. The van der Waals surface area contributed by atoms with Crippen LogP contribution in [0.5, 0.6) is 0 Å². The maximum atomic E-state index is 5.39. The number of hydrogen-bond donors (Lipinski definition) is 0. The van der Waals surface area contributed by atoms with Gasteiger partial charge in [0, 0.05) is 31.5 Å². The quantitative estimate of drug-likeness (QED) is 0.818. The van der Waals surface area contributed by atoms with Gasteiger partial charge in [-0.05, 0) is 46.5 Å². The number of rotatable bonds is 5. The van der Waals surface area contributed by atoms with Crippen LogP contribution in [0, 0.1) is 6.92 Å². The summed E-state index contributed by atoms with van der Waals surface area (Å²) in [7, 11) is 1.76. The van der Waals surface area contributed by atoms with E-state index in [1.54, 1.807) is 7.11 Å². The van der Waals surface area contributed by atoms with Gasteiger partial charge in [-0.25, -0.2) is 9.97 Å². The number of ether oxygens (including phenoxy) is 1. The number of hydrogen-bond acceptors (Lipinski definition) is 4. The van der Waals surface area contributed by atoms with Crippen LogP contribution < -0.4 is 4.90 Å². The van der Waals surface area contributed by atoms with E-state index in [1.807, 2.05) is 6.92 Å². The molecule has 106 valence electrons. The Morgan fingerprint density at radius 2 is 2.00 bits per heavy atom. The van der Waals surface area contributed by atoms with Crippen molar-refractivity contribution in [1.82, 2.24) is 9.97 Å². The van der Waals surface area contributed by atoms with Crippen LogP contribution in [-0.2, 0) is 17.6 Å². The Bertz CT molecular complexity index is 434. The maximum Gasteiger partial charge on any atom is 0.135 e. The molecule has 0 saturated heterocycles. The summed E-state index contributed by atoms with van der Waals surface area (Å²) in [6.45, 7) is 8.11. The van der Waals surface area contributed by atoms with Gasteiger partial charge in [0.05, 0.1) is 6.10 Å². The van der Waals surface area contributed by atoms with Crippen molar-refractivity contribution in [2.75, 3.05) is 25.1 Å². The molecule has 0 N–H and O–H groups in total. The fraction of sp³-hybridized carbons (Fsp3) is 0.733.